The molecular weight excluding hydrogens is 396 g/mol. The van der Waals surface area contributed by atoms with Crippen LogP contribution in [0.2, 0.25) is 0 Å². The van der Waals surface area contributed by atoms with Gasteiger partial charge in [-0.3, -0.25) is 10.6 Å². The standard InChI is InChI=1S/C23H48N4O4/c1-21(2,3)29-18-11-13-24-14-16-27(20(28)31-23(7,8)9)15-10-12-25-19(17-26-18)30-22(4,5)6/h18-19,24-26H,10-17H2,1-9H3. The molecule has 1 saturated heterocycles. The summed E-state index contributed by atoms with van der Waals surface area (Å²) in [6.45, 7) is 22.1. The number of rotatable bonds is 2. The van der Waals surface area contributed by atoms with Crippen LogP contribution in [0.25, 0.3) is 0 Å². The maximum atomic E-state index is 12.6. The van der Waals surface area contributed by atoms with Crippen LogP contribution in [0.3, 0.4) is 0 Å². The van der Waals surface area contributed by atoms with Gasteiger partial charge in [0.2, 0.25) is 0 Å². The molecule has 2 unspecified atom stereocenters. The Labute approximate surface area is 190 Å². The SMILES string of the molecule is CC(C)(C)OC(=O)N1CCCNC(OC(C)(C)C)CNC(OC(C)(C)C)CCNCC1. The van der Waals surface area contributed by atoms with Crippen LogP contribution in [0.15, 0.2) is 0 Å². The van der Waals surface area contributed by atoms with Crippen LogP contribution in [0.5, 0.6) is 0 Å². The Hall–Kier alpha value is -0.930. The number of carbonyl (C=O) groups excluding carboxylic acids is 1. The van der Waals surface area contributed by atoms with Gasteiger partial charge in [0.15, 0.2) is 0 Å². The molecule has 1 amide bonds. The van der Waals surface area contributed by atoms with Crippen LogP contribution < -0.4 is 16.0 Å². The van der Waals surface area contributed by atoms with Gasteiger partial charge in [-0.1, -0.05) is 0 Å². The first-order valence-corrected chi connectivity index (χ1v) is 11.7. The third-order valence-electron chi connectivity index (χ3n) is 4.29. The molecule has 184 valence electrons. The molecule has 1 heterocycles. The van der Waals surface area contributed by atoms with E-state index in [1.807, 2.05) is 20.8 Å². The Kier molecular flexibility index (Phi) is 11.2. The molecule has 3 N–H and O–H groups in total. The quantitative estimate of drug-likeness (QED) is 0.604. The van der Waals surface area contributed by atoms with E-state index in [4.69, 9.17) is 14.2 Å². The Balaban J connectivity index is 2.82. The minimum atomic E-state index is -0.503. The van der Waals surface area contributed by atoms with Gasteiger partial charge in [-0.15, -0.1) is 0 Å². The third kappa shape index (κ3) is 14.7. The predicted molar refractivity (Wildman–Crippen MR) is 125 cm³/mol. The monoisotopic (exact) mass is 444 g/mol. The molecule has 1 aliphatic heterocycles. The molecule has 1 aliphatic rings. The van der Waals surface area contributed by atoms with Crippen LogP contribution in [-0.2, 0) is 14.2 Å². The molecule has 0 aromatic rings. The largest absolute Gasteiger partial charge is 0.444 e. The Morgan fingerprint density at radius 1 is 0.774 bits per heavy atom. The van der Waals surface area contributed by atoms with Gasteiger partial charge in [-0.25, -0.2) is 4.79 Å². The maximum Gasteiger partial charge on any atom is 0.410 e. The highest BCUT2D eigenvalue weighted by Gasteiger charge is 2.24. The van der Waals surface area contributed by atoms with E-state index in [0.717, 1.165) is 25.9 Å². The van der Waals surface area contributed by atoms with E-state index in [0.29, 0.717) is 26.2 Å². The van der Waals surface area contributed by atoms with Crippen molar-refractivity contribution < 1.29 is 19.0 Å². The fourth-order valence-electron chi connectivity index (χ4n) is 3.18. The van der Waals surface area contributed by atoms with E-state index in [9.17, 15) is 4.79 Å². The van der Waals surface area contributed by atoms with Crippen molar-refractivity contribution in [1.82, 2.24) is 20.9 Å². The van der Waals surface area contributed by atoms with Crippen LogP contribution in [0.4, 0.5) is 4.79 Å². The topological polar surface area (TPSA) is 84.1 Å². The fraction of sp³-hybridized carbons (Fsp3) is 0.957. The van der Waals surface area contributed by atoms with Crippen molar-refractivity contribution in [2.75, 3.05) is 39.3 Å². The number of nitrogens with one attached hydrogen (secondary N) is 3. The molecule has 0 aromatic carbocycles. The summed E-state index contributed by atoms with van der Waals surface area (Å²) in [5.74, 6) is 0. The Bertz CT molecular complexity index is 523. The van der Waals surface area contributed by atoms with Gasteiger partial charge >= 0.3 is 6.09 Å². The van der Waals surface area contributed by atoms with Gasteiger partial charge in [0.05, 0.1) is 11.2 Å². The summed E-state index contributed by atoms with van der Waals surface area (Å²) in [6.07, 6.45) is 1.11. The summed E-state index contributed by atoms with van der Waals surface area (Å²) < 4.78 is 18.0. The number of ether oxygens (including phenoxy) is 3. The number of carbonyl (C=O) groups is 1. The van der Waals surface area contributed by atoms with Crippen molar-refractivity contribution in [1.29, 1.82) is 0 Å². The lowest BCUT2D eigenvalue weighted by Gasteiger charge is -2.33. The van der Waals surface area contributed by atoms with Crippen LogP contribution in [-0.4, -0.2) is 79.5 Å². The fourth-order valence-corrected chi connectivity index (χ4v) is 3.18. The van der Waals surface area contributed by atoms with Gasteiger partial charge in [-0.05, 0) is 88.2 Å². The van der Waals surface area contributed by atoms with Crippen LogP contribution >= 0.6 is 0 Å². The highest BCUT2D eigenvalue weighted by Crippen LogP contribution is 2.14. The minimum absolute atomic E-state index is 0.0923. The lowest BCUT2D eigenvalue weighted by molar-refractivity contribution is -0.102. The van der Waals surface area contributed by atoms with Crippen molar-refractivity contribution in [3.05, 3.63) is 0 Å². The molecule has 0 radical (unpaired) electrons. The van der Waals surface area contributed by atoms with Crippen molar-refractivity contribution in [2.24, 2.45) is 0 Å². The molecule has 0 aromatic heterocycles. The summed E-state index contributed by atoms with van der Waals surface area (Å²) in [4.78, 5) is 14.4. The van der Waals surface area contributed by atoms with Crippen molar-refractivity contribution in [3.8, 4) is 0 Å². The molecule has 31 heavy (non-hydrogen) atoms. The normalized spacial score (nSPS) is 23.8. The lowest BCUT2D eigenvalue weighted by Crippen LogP contribution is -2.50. The van der Waals surface area contributed by atoms with E-state index in [1.165, 1.54) is 0 Å². The van der Waals surface area contributed by atoms with Crippen LogP contribution in [0, 0.1) is 0 Å². The van der Waals surface area contributed by atoms with E-state index >= 15 is 0 Å². The molecule has 0 bridgehead atoms. The molecule has 0 aliphatic carbocycles. The number of nitrogens with zero attached hydrogens (tertiary/aromatic N) is 1. The molecular formula is C23H48N4O4. The summed E-state index contributed by atoms with van der Waals surface area (Å²) in [7, 11) is 0. The van der Waals surface area contributed by atoms with E-state index in [2.05, 4.69) is 57.5 Å². The highest BCUT2D eigenvalue weighted by atomic mass is 16.6. The van der Waals surface area contributed by atoms with Gasteiger partial charge in [0, 0.05) is 26.2 Å². The van der Waals surface area contributed by atoms with E-state index in [1.54, 1.807) is 4.90 Å². The summed E-state index contributed by atoms with van der Waals surface area (Å²) >= 11 is 0. The first-order chi connectivity index (χ1) is 14.1. The molecule has 0 spiro atoms. The molecule has 0 saturated carbocycles. The molecule has 8 heteroatoms. The minimum Gasteiger partial charge on any atom is -0.444 e. The van der Waals surface area contributed by atoms with Gasteiger partial charge < -0.3 is 24.4 Å². The second-order valence-corrected chi connectivity index (χ2v) is 11.2. The summed E-state index contributed by atoms with van der Waals surface area (Å²) in [6, 6.07) is 0. The second kappa shape index (κ2) is 12.3. The van der Waals surface area contributed by atoms with Gasteiger partial charge in [-0.2, -0.15) is 0 Å². The summed E-state index contributed by atoms with van der Waals surface area (Å²) in [5.41, 5.74) is -1.02. The van der Waals surface area contributed by atoms with Crippen molar-refractivity contribution >= 4 is 6.09 Å². The molecule has 8 nitrogen and oxygen atoms in total. The first-order valence-electron chi connectivity index (χ1n) is 11.7. The van der Waals surface area contributed by atoms with Crippen molar-refractivity contribution in [2.45, 2.75) is 104 Å². The van der Waals surface area contributed by atoms with Gasteiger partial charge in [0.1, 0.15) is 18.1 Å². The molecule has 1 fully saturated rings. The summed E-state index contributed by atoms with van der Waals surface area (Å²) in [5, 5.41) is 10.4. The van der Waals surface area contributed by atoms with E-state index < -0.39 is 5.60 Å². The molecule has 1 rings (SSSR count). The number of amides is 1. The van der Waals surface area contributed by atoms with E-state index in [-0.39, 0.29) is 29.8 Å². The zero-order valence-electron chi connectivity index (χ0n) is 21.4. The number of hydrogen-bond donors (Lipinski definition) is 3. The Morgan fingerprint density at radius 3 is 1.97 bits per heavy atom. The Morgan fingerprint density at radius 2 is 1.39 bits per heavy atom. The predicted octanol–water partition coefficient (Wildman–Crippen LogP) is 3.07. The van der Waals surface area contributed by atoms with Crippen LogP contribution in [0.1, 0.15) is 75.2 Å². The first kappa shape index (κ1) is 28.1. The average molecular weight is 445 g/mol. The smallest absolute Gasteiger partial charge is 0.410 e. The lowest BCUT2D eigenvalue weighted by atomic mass is 10.2. The molecule has 2 atom stereocenters. The average Bonchev–Trinajstić information content (AvgIpc) is 2.55. The van der Waals surface area contributed by atoms with Gasteiger partial charge in [0.25, 0.3) is 0 Å². The zero-order valence-corrected chi connectivity index (χ0v) is 21.4. The number of hydrogen-bond acceptors (Lipinski definition) is 7. The second-order valence-electron chi connectivity index (χ2n) is 11.2. The third-order valence-corrected chi connectivity index (χ3v) is 4.29. The van der Waals surface area contributed by atoms with Crippen molar-refractivity contribution in [3.63, 3.8) is 0 Å². The highest BCUT2D eigenvalue weighted by molar-refractivity contribution is 5.68. The zero-order chi connectivity index (χ0) is 23.7. The maximum absolute atomic E-state index is 12.6.